The Hall–Kier alpha value is -2.57. The maximum Gasteiger partial charge on any atom is 0.255 e. The minimum atomic E-state index is -0.274. The zero-order valence-electron chi connectivity index (χ0n) is 16.1. The van der Waals surface area contributed by atoms with E-state index in [4.69, 9.17) is 11.6 Å². The lowest BCUT2D eigenvalue weighted by Gasteiger charge is -2.08. The van der Waals surface area contributed by atoms with Gasteiger partial charge in [-0.15, -0.1) is 0 Å². The molecule has 0 atom stereocenters. The molecule has 7 heteroatoms. The average Bonchev–Trinajstić information content (AvgIpc) is 2.70. The van der Waals surface area contributed by atoms with E-state index in [-0.39, 0.29) is 17.9 Å². The van der Waals surface area contributed by atoms with Gasteiger partial charge in [-0.3, -0.25) is 9.59 Å². The molecule has 0 aliphatic rings. The number of benzene rings is 2. The SMILES string of the molecule is Cc1nc(SCc2cccc(Cl)c2)[nH]c(=O)c1CC(=O)NCCc1ccccc1. The zero-order chi connectivity index (χ0) is 20.6. The fourth-order valence-corrected chi connectivity index (χ4v) is 3.92. The Balaban J connectivity index is 1.55. The molecule has 0 spiro atoms. The molecule has 1 aromatic heterocycles. The van der Waals surface area contributed by atoms with Gasteiger partial charge in [-0.05, 0) is 36.6 Å². The molecule has 0 radical (unpaired) electrons. The van der Waals surface area contributed by atoms with Gasteiger partial charge in [0.25, 0.3) is 5.56 Å². The van der Waals surface area contributed by atoms with Gasteiger partial charge < -0.3 is 10.3 Å². The van der Waals surface area contributed by atoms with Crippen LogP contribution in [0.15, 0.2) is 64.5 Å². The molecule has 1 heterocycles. The molecule has 3 rings (SSSR count). The fourth-order valence-electron chi connectivity index (χ4n) is 2.85. The van der Waals surface area contributed by atoms with Gasteiger partial charge in [0.15, 0.2) is 5.16 Å². The highest BCUT2D eigenvalue weighted by molar-refractivity contribution is 7.98. The molecule has 0 aliphatic heterocycles. The lowest BCUT2D eigenvalue weighted by atomic mass is 10.1. The van der Waals surface area contributed by atoms with Gasteiger partial charge in [-0.1, -0.05) is 65.8 Å². The molecule has 3 aromatic rings. The predicted molar refractivity (Wildman–Crippen MR) is 117 cm³/mol. The van der Waals surface area contributed by atoms with E-state index in [2.05, 4.69) is 15.3 Å². The Kier molecular flexibility index (Phi) is 7.49. The van der Waals surface area contributed by atoms with E-state index in [1.54, 1.807) is 6.92 Å². The van der Waals surface area contributed by atoms with Crippen LogP contribution in [0.1, 0.15) is 22.4 Å². The molecule has 0 saturated heterocycles. The topological polar surface area (TPSA) is 74.8 Å². The van der Waals surface area contributed by atoms with E-state index in [1.165, 1.54) is 11.8 Å². The number of aromatic amines is 1. The number of aromatic nitrogens is 2. The third kappa shape index (κ3) is 6.48. The van der Waals surface area contributed by atoms with Crippen LogP contribution in [0.4, 0.5) is 0 Å². The number of H-pyrrole nitrogens is 1. The van der Waals surface area contributed by atoms with E-state index >= 15 is 0 Å². The van der Waals surface area contributed by atoms with Crippen molar-refractivity contribution in [2.45, 2.75) is 30.7 Å². The quantitative estimate of drug-likeness (QED) is 0.422. The standard InChI is InChI=1S/C22H22ClN3O2S/c1-15-19(13-20(27)24-11-10-16-6-3-2-4-7-16)21(28)26-22(25-15)29-14-17-8-5-9-18(23)12-17/h2-9,12H,10-11,13-14H2,1H3,(H,24,27)(H,25,26,28). The molecular formula is C22H22ClN3O2S. The predicted octanol–water partition coefficient (Wildman–Crippen LogP) is 3.93. The van der Waals surface area contributed by atoms with Crippen molar-refractivity contribution in [3.63, 3.8) is 0 Å². The summed E-state index contributed by atoms with van der Waals surface area (Å²) < 4.78 is 0. The summed E-state index contributed by atoms with van der Waals surface area (Å²) in [7, 11) is 0. The molecule has 0 aliphatic carbocycles. The molecule has 150 valence electrons. The van der Waals surface area contributed by atoms with Crippen molar-refractivity contribution in [1.29, 1.82) is 0 Å². The van der Waals surface area contributed by atoms with E-state index < -0.39 is 0 Å². The summed E-state index contributed by atoms with van der Waals surface area (Å²) in [5, 5.41) is 4.07. The fraction of sp³-hybridized carbons (Fsp3) is 0.227. The molecule has 5 nitrogen and oxygen atoms in total. The Morgan fingerprint density at radius 2 is 1.90 bits per heavy atom. The number of carbonyl (C=O) groups excluding carboxylic acids is 1. The highest BCUT2D eigenvalue weighted by Crippen LogP contribution is 2.21. The number of nitrogens with one attached hydrogen (secondary N) is 2. The summed E-state index contributed by atoms with van der Waals surface area (Å²) in [6.07, 6.45) is 0.765. The van der Waals surface area contributed by atoms with Crippen LogP contribution < -0.4 is 10.9 Å². The van der Waals surface area contributed by atoms with Crippen molar-refractivity contribution in [3.05, 3.63) is 92.4 Å². The summed E-state index contributed by atoms with van der Waals surface area (Å²) >= 11 is 7.42. The van der Waals surface area contributed by atoms with Gasteiger partial charge in [0.05, 0.1) is 6.42 Å². The van der Waals surface area contributed by atoms with Crippen LogP contribution in [0.2, 0.25) is 5.02 Å². The van der Waals surface area contributed by atoms with Crippen molar-refractivity contribution in [2.24, 2.45) is 0 Å². The Bertz CT molecular complexity index is 1040. The summed E-state index contributed by atoms with van der Waals surface area (Å²) in [4.78, 5) is 31.9. The number of halogens is 1. The van der Waals surface area contributed by atoms with Gasteiger partial charge in [-0.25, -0.2) is 4.98 Å². The molecule has 0 unspecified atom stereocenters. The smallest absolute Gasteiger partial charge is 0.255 e. The Morgan fingerprint density at radius 1 is 1.14 bits per heavy atom. The highest BCUT2D eigenvalue weighted by Gasteiger charge is 2.13. The van der Waals surface area contributed by atoms with Gasteiger partial charge >= 0.3 is 0 Å². The first-order valence-corrected chi connectivity index (χ1v) is 10.7. The van der Waals surface area contributed by atoms with Crippen LogP contribution in [0.3, 0.4) is 0 Å². The maximum absolute atomic E-state index is 12.4. The average molecular weight is 428 g/mol. The lowest BCUT2D eigenvalue weighted by molar-refractivity contribution is -0.120. The van der Waals surface area contributed by atoms with E-state index in [9.17, 15) is 9.59 Å². The molecule has 2 N–H and O–H groups in total. The van der Waals surface area contributed by atoms with Crippen LogP contribution >= 0.6 is 23.4 Å². The second-order valence-electron chi connectivity index (χ2n) is 6.62. The molecular weight excluding hydrogens is 406 g/mol. The van der Waals surface area contributed by atoms with Crippen LogP contribution in [0.5, 0.6) is 0 Å². The first-order valence-electron chi connectivity index (χ1n) is 9.29. The number of rotatable bonds is 8. The molecule has 29 heavy (non-hydrogen) atoms. The number of thioether (sulfide) groups is 1. The highest BCUT2D eigenvalue weighted by atomic mass is 35.5. The zero-order valence-corrected chi connectivity index (χ0v) is 17.6. The second-order valence-corrected chi connectivity index (χ2v) is 8.02. The number of amides is 1. The molecule has 0 saturated carbocycles. The van der Waals surface area contributed by atoms with Gasteiger partial charge in [0, 0.05) is 28.6 Å². The van der Waals surface area contributed by atoms with Gasteiger partial charge in [0.2, 0.25) is 5.91 Å². The molecule has 0 bridgehead atoms. The first kappa shape index (κ1) is 21.1. The van der Waals surface area contributed by atoms with Gasteiger partial charge in [-0.2, -0.15) is 0 Å². The molecule has 1 amide bonds. The van der Waals surface area contributed by atoms with Crippen molar-refractivity contribution in [1.82, 2.24) is 15.3 Å². The third-order valence-electron chi connectivity index (χ3n) is 4.38. The summed E-state index contributed by atoms with van der Waals surface area (Å²) in [6.45, 7) is 2.28. The molecule has 0 fully saturated rings. The summed E-state index contributed by atoms with van der Waals surface area (Å²) in [6, 6.07) is 17.5. The number of hydrogen-bond donors (Lipinski definition) is 2. The van der Waals surface area contributed by atoms with Crippen molar-refractivity contribution in [2.75, 3.05) is 6.54 Å². The molecule has 2 aromatic carbocycles. The minimum Gasteiger partial charge on any atom is -0.355 e. The normalized spacial score (nSPS) is 10.7. The van der Waals surface area contributed by atoms with Crippen LogP contribution in [-0.2, 0) is 23.4 Å². The first-order chi connectivity index (χ1) is 14.0. The van der Waals surface area contributed by atoms with Crippen molar-refractivity contribution >= 4 is 29.3 Å². The van der Waals surface area contributed by atoms with Crippen molar-refractivity contribution in [3.8, 4) is 0 Å². The Labute approximate surface area is 178 Å². The Morgan fingerprint density at radius 3 is 2.62 bits per heavy atom. The number of nitrogens with zero attached hydrogens (tertiary/aromatic N) is 1. The van der Waals surface area contributed by atoms with E-state index in [0.29, 0.717) is 33.7 Å². The van der Waals surface area contributed by atoms with E-state index in [0.717, 1.165) is 17.5 Å². The van der Waals surface area contributed by atoms with Crippen molar-refractivity contribution < 1.29 is 4.79 Å². The van der Waals surface area contributed by atoms with E-state index in [1.807, 2.05) is 54.6 Å². The number of carbonyl (C=O) groups is 1. The second kappa shape index (κ2) is 10.3. The van der Waals surface area contributed by atoms with Crippen LogP contribution in [0.25, 0.3) is 0 Å². The van der Waals surface area contributed by atoms with Crippen LogP contribution in [0, 0.1) is 6.92 Å². The maximum atomic E-state index is 12.4. The summed E-state index contributed by atoms with van der Waals surface area (Å²) in [5.74, 6) is 0.457. The largest absolute Gasteiger partial charge is 0.355 e. The monoisotopic (exact) mass is 427 g/mol. The number of aryl methyl sites for hydroxylation is 1. The number of hydrogen-bond acceptors (Lipinski definition) is 4. The third-order valence-corrected chi connectivity index (χ3v) is 5.56. The van der Waals surface area contributed by atoms with Gasteiger partial charge in [0.1, 0.15) is 0 Å². The van der Waals surface area contributed by atoms with Crippen LogP contribution in [-0.4, -0.2) is 22.4 Å². The summed E-state index contributed by atoms with van der Waals surface area (Å²) in [5.41, 5.74) is 2.90. The minimum absolute atomic E-state index is 0.0161. The lowest BCUT2D eigenvalue weighted by Crippen LogP contribution is -2.30.